The van der Waals surface area contributed by atoms with Crippen molar-refractivity contribution in [3.63, 3.8) is 0 Å². The number of allylic oxidation sites excluding steroid dienone is 12. The van der Waals surface area contributed by atoms with Crippen molar-refractivity contribution in [1.29, 1.82) is 0 Å². The second-order valence-electron chi connectivity index (χ2n) is 16.6. The Morgan fingerprint density at radius 2 is 1.36 bits per heavy atom. The standard InChI is InChI=1S/C55H49N/c1-55(2)53-20-12-11-19-50(53)51-34-32-48(37-54(51)55)56(46-29-27-40(28-30-46)38-13-5-3-6-14-38)47-31-33-49(52(36-47)42-16-7-4-8-17-42)43-24-21-41(22-25-43)45-26-23-39-15-9-10-18-44(39)35-45/h4-5,7,9-16,18-24,27-37,43,45H,3,6,8,17,25-26H2,1-2H3. The molecule has 0 saturated carbocycles. The third-order valence-corrected chi connectivity index (χ3v) is 12.9. The minimum Gasteiger partial charge on any atom is -0.310 e. The SMILES string of the molecule is CC1(C)c2ccccc2-c2ccc(N(c3ccc(C4=CCCC=C4)cc3)c3ccc(C4C=CC(C5C=c6ccccc6=CC5)=CC4)c(C4=CC=CCC4)c3)cc21. The molecule has 2 atom stereocenters. The molecule has 10 rings (SSSR count). The van der Waals surface area contributed by atoms with E-state index < -0.39 is 0 Å². The monoisotopic (exact) mass is 723 g/mol. The van der Waals surface area contributed by atoms with Gasteiger partial charge in [0.1, 0.15) is 0 Å². The Balaban J connectivity index is 1.05. The first-order valence-electron chi connectivity index (χ1n) is 20.7. The molecule has 0 bridgehead atoms. The van der Waals surface area contributed by atoms with Crippen molar-refractivity contribution in [1.82, 2.24) is 0 Å². The van der Waals surface area contributed by atoms with Crippen LogP contribution in [-0.4, -0.2) is 0 Å². The Morgan fingerprint density at radius 1 is 0.589 bits per heavy atom. The lowest BCUT2D eigenvalue weighted by atomic mass is 9.80. The normalized spacial score (nSPS) is 20.1. The van der Waals surface area contributed by atoms with Gasteiger partial charge in [-0.1, -0.05) is 153 Å². The van der Waals surface area contributed by atoms with Gasteiger partial charge in [0.05, 0.1) is 0 Å². The van der Waals surface area contributed by atoms with E-state index in [1.165, 1.54) is 83.2 Å². The fourth-order valence-electron chi connectivity index (χ4n) is 9.78. The predicted octanol–water partition coefficient (Wildman–Crippen LogP) is 13.2. The lowest BCUT2D eigenvalue weighted by Crippen LogP contribution is -2.28. The zero-order chi connectivity index (χ0) is 37.6. The largest absolute Gasteiger partial charge is 0.310 e. The maximum absolute atomic E-state index is 2.51. The minimum absolute atomic E-state index is 0.0813. The molecular formula is C55H49N. The van der Waals surface area contributed by atoms with Crippen LogP contribution in [0.25, 0.3) is 34.4 Å². The lowest BCUT2D eigenvalue weighted by molar-refractivity contribution is 0.660. The summed E-state index contributed by atoms with van der Waals surface area (Å²) in [7, 11) is 0. The molecule has 0 spiro atoms. The summed E-state index contributed by atoms with van der Waals surface area (Å²) in [6.07, 6.45) is 32.6. The molecule has 0 saturated heterocycles. The van der Waals surface area contributed by atoms with Crippen LogP contribution in [0.4, 0.5) is 17.1 Å². The third kappa shape index (κ3) is 6.20. The summed E-state index contributed by atoms with van der Waals surface area (Å²) < 4.78 is 0. The Hall–Kier alpha value is -5.92. The molecule has 0 amide bonds. The van der Waals surface area contributed by atoms with Crippen LogP contribution in [0, 0.1) is 5.92 Å². The number of fused-ring (bicyclic) bond motifs is 4. The molecule has 0 N–H and O–H groups in total. The van der Waals surface area contributed by atoms with Crippen LogP contribution >= 0.6 is 0 Å². The topological polar surface area (TPSA) is 3.24 Å². The fraction of sp³-hybridized carbons (Fsp3) is 0.200. The second kappa shape index (κ2) is 14.3. The van der Waals surface area contributed by atoms with Gasteiger partial charge >= 0.3 is 0 Å². The van der Waals surface area contributed by atoms with Crippen molar-refractivity contribution in [3.8, 4) is 11.1 Å². The Kier molecular flexibility index (Phi) is 8.82. The molecule has 5 aliphatic carbocycles. The van der Waals surface area contributed by atoms with Gasteiger partial charge in [0.25, 0.3) is 0 Å². The van der Waals surface area contributed by atoms with E-state index in [9.17, 15) is 0 Å². The summed E-state index contributed by atoms with van der Waals surface area (Å²) >= 11 is 0. The summed E-state index contributed by atoms with van der Waals surface area (Å²) in [5.41, 5.74) is 17.2. The molecule has 274 valence electrons. The number of hydrogen-bond donors (Lipinski definition) is 0. The van der Waals surface area contributed by atoms with Gasteiger partial charge in [0.15, 0.2) is 0 Å². The highest BCUT2D eigenvalue weighted by Crippen LogP contribution is 2.51. The third-order valence-electron chi connectivity index (χ3n) is 12.9. The van der Waals surface area contributed by atoms with Gasteiger partial charge in [-0.05, 0) is 141 Å². The fourth-order valence-corrected chi connectivity index (χ4v) is 9.78. The maximum Gasteiger partial charge on any atom is 0.0467 e. The number of hydrogen-bond acceptors (Lipinski definition) is 1. The van der Waals surface area contributed by atoms with Crippen LogP contribution in [0.15, 0.2) is 169 Å². The smallest absolute Gasteiger partial charge is 0.0467 e. The number of anilines is 3. The molecule has 2 unspecified atom stereocenters. The highest BCUT2D eigenvalue weighted by Gasteiger charge is 2.36. The molecule has 1 nitrogen and oxygen atoms in total. The molecule has 1 heteroatoms. The Bertz CT molecular complexity index is 2670. The zero-order valence-electron chi connectivity index (χ0n) is 32.6. The molecule has 5 aliphatic rings. The van der Waals surface area contributed by atoms with E-state index in [2.05, 4.69) is 195 Å². The van der Waals surface area contributed by atoms with Crippen LogP contribution < -0.4 is 15.3 Å². The van der Waals surface area contributed by atoms with Crippen LogP contribution in [0.2, 0.25) is 0 Å². The predicted molar refractivity (Wildman–Crippen MR) is 239 cm³/mol. The van der Waals surface area contributed by atoms with Crippen LogP contribution in [-0.2, 0) is 5.41 Å². The van der Waals surface area contributed by atoms with Crippen LogP contribution in [0.3, 0.4) is 0 Å². The number of benzene rings is 5. The quantitative estimate of drug-likeness (QED) is 0.162. The molecule has 0 aliphatic heterocycles. The van der Waals surface area contributed by atoms with E-state index in [1.54, 1.807) is 0 Å². The molecule has 56 heavy (non-hydrogen) atoms. The second-order valence-corrected chi connectivity index (χ2v) is 16.6. The van der Waals surface area contributed by atoms with Crippen LogP contribution in [0.5, 0.6) is 0 Å². The number of rotatable bonds is 7. The Morgan fingerprint density at radius 3 is 2.16 bits per heavy atom. The van der Waals surface area contributed by atoms with Crippen LogP contribution in [0.1, 0.15) is 86.1 Å². The summed E-state index contributed by atoms with van der Waals surface area (Å²) in [5.74, 6) is 0.768. The van der Waals surface area contributed by atoms with Gasteiger partial charge < -0.3 is 4.90 Å². The molecule has 0 radical (unpaired) electrons. The van der Waals surface area contributed by atoms with Crippen molar-refractivity contribution in [2.45, 2.75) is 63.7 Å². The van der Waals surface area contributed by atoms with Gasteiger partial charge in [0.2, 0.25) is 0 Å². The summed E-state index contributed by atoms with van der Waals surface area (Å²) in [6, 6.07) is 41.4. The molecular weight excluding hydrogens is 675 g/mol. The van der Waals surface area contributed by atoms with Crippen molar-refractivity contribution in [3.05, 3.63) is 208 Å². The van der Waals surface area contributed by atoms with Crippen molar-refractivity contribution in [2.75, 3.05) is 4.90 Å². The molecule has 5 aromatic carbocycles. The Labute approximate surface area is 332 Å². The van der Waals surface area contributed by atoms with Gasteiger partial charge in [-0.2, -0.15) is 0 Å². The van der Waals surface area contributed by atoms with E-state index in [4.69, 9.17) is 0 Å². The van der Waals surface area contributed by atoms with E-state index >= 15 is 0 Å². The van der Waals surface area contributed by atoms with E-state index in [-0.39, 0.29) is 5.41 Å². The average molecular weight is 724 g/mol. The van der Waals surface area contributed by atoms with E-state index in [1.807, 2.05) is 0 Å². The molecule has 5 aromatic rings. The van der Waals surface area contributed by atoms with Gasteiger partial charge in [-0.15, -0.1) is 0 Å². The van der Waals surface area contributed by atoms with Gasteiger partial charge in [-0.3, -0.25) is 0 Å². The van der Waals surface area contributed by atoms with Crippen molar-refractivity contribution in [2.24, 2.45) is 5.92 Å². The summed E-state index contributed by atoms with van der Waals surface area (Å²) in [5, 5.41) is 2.72. The van der Waals surface area contributed by atoms with E-state index in [0.29, 0.717) is 11.8 Å². The van der Waals surface area contributed by atoms with Crippen molar-refractivity contribution >= 4 is 40.4 Å². The highest BCUT2D eigenvalue weighted by molar-refractivity contribution is 5.87. The minimum atomic E-state index is -0.0813. The van der Waals surface area contributed by atoms with Crippen molar-refractivity contribution < 1.29 is 0 Å². The lowest BCUT2D eigenvalue weighted by Gasteiger charge is -2.30. The highest BCUT2D eigenvalue weighted by atomic mass is 15.1. The van der Waals surface area contributed by atoms with E-state index in [0.717, 1.165) is 38.5 Å². The first kappa shape index (κ1) is 34.6. The first-order chi connectivity index (χ1) is 27.5. The number of nitrogens with zero attached hydrogens (tertiary/aromatic N) is 1. The molecule has 0 fully saturated rings. The van der Waals surface area contributed by atoms with Gasteiger partial charge in [-0.25, -0.2) is 0 Å². The summed E-state index contributed by atoms with van der Waals surface area (Å²) in [4.78, 5) is 2.49. The van der Waals surface area contributed by atoms with Gasteiger partial charge in [0, 0.05) is 34.3 Å². The summed E-state index contributed by atoms with van der Waals surface area (Å²) in [6.45, 7) is 4.76. The maximum atomic E-state index is 2.51. The zero-order valence-corrected chi connectivity index (χ0v) is 32.6. The molecule has 0 heterocycles. The first-order valence-corrected chi connectivity index (χ1v) is 20.7. The average Bonchev–Trinajstić information content (AvgIpc) is 3.49. The molecule has 0 aromatic heterocycles.